The largest absolute Gasteiger partial charge is 0.384 e. The maximum atomic E-state index is 11.8. The number of carbonyl (C=O) groups is 1. The van der Waals surface area contributed by atoms with Crippen LogP contribution in [0.25, 0.3) is 0 Å². The predicted molar refractivity (Wildman–Crippen MR) is 73.5 cm³/mol. The topological polar surface area (TPSA) is 114 Å². The van der Waals surface area contributed by atoms with Crippen molar-refractivity contribution in [1.82, 2.24) is 15.0 Å². The fraction of sp³-hybridized carbons (Fsp3) is 0.400. The van der Waals surface area contributed by atoms with Gasteiger partial charge in [-0.15, -0.1) is 0 Å². The average Bonchev–Trinajstić information content (AvgIpc) is 2.31. The molecular weight excluding hydrogens is 292 g/mol. The molecule has 1 amide bonds. The summed E-state index contributed by atoms with van der Waals surface area (Å²) in [5.41, 5.74) is 5.61. The van der Waals surface area contributed by atoms with E-state index in [0.29, 0.717) is 6.54 Å². The first-order chi connectivity index (χ1) is 8.85. The molecule has 0 spiro atoms. The van der Waals surface area contributed by atoms with Crippen LogP contribution in [0.15, 0.2) is 12.3 Å². The Kier molecular flexibility index (Phi) is 5.52. The number of rotatable bonds is 6. The van der Waals surface area contributed by atoms with Crippen molar-refractivity contribution in [2.75, 3.05) is 24.6 Å². The van der Waals surface area contributed by atoms with Crippen LogP contribution in [0.3, 0.4) is 0 Å². The van der Waals surface area contributed by atoms with Gasteiger partial charge in [0.15, 0.2) is 0 Å². The van der Waals surface area contributed by atoms with E-state index in [0.717, 1.165) is 0 Å². The van der Waals surface area contributed by atoms with E-state index < -0.39 is 15.9 Å². The van der Waals surface area contributed by atoms with Gasteiger partial charge in [-0.1, -0.05) is 18.5 Å². The summed E-state index contributed by atoms with van der Waals surface area (Å²) in [5.74, 6) is -0.536. The van der Waals surface area contributed by atoms with Gasteiger partial charge < -0.3 is 11.1 Å². The van der Waals surface area contributed by atoms with E-state index in [1.54, 1.807) is 6.92 Å². The van der Waals surface area contributed by atoms with Gasteiger partial charge in [-0.05, 0) is 6.07 Å². The number of amides is 1. The third kappa shape index (κ3) is 5.01. The number of aromatic nitrogens is 1. The van der Waals surface area contributed by atoms with Crippen molar-refractivity contribution in [3.05, 3.63) is 22.8 Å². The highest BCUT2D eigenvalue weighted by molar-refractivity contribution is 7.89. The van der Waals surface area contributed by atoms with Crippen LogP contribution in [0.4, 0.5) is 5.82 Å². The molecule has 1 rings (SSSR count). The Bertz CT molecular complexity index is 562. The second kappa shape index (κ2) is 6.69. The second-order valence-corrected chi connectivity index (χ2v) is 6.00. The number of pyridine rings is 1. The predicted octanol–water partition coefficient (Wildman–Crippen LogP) is -0.0137. The summed E-state index contributed by atoms with van der Waals surface area (Å²) in [6.45, 7) is 1.96. The van der Waals surface area contributed by atoms with Gasteiger partial charge in [0, 0.05) is 19.3 Å². The van der Waals surface area contributed by atoms with E-state index in [9.17, 15) is 13.2 Å². The van der Waals surface area contributed by atoms with E-state index in [-0.39, 0.29) is 28.7 Å². The third-order valence-corrected chi connectivity index (χ3v) is 3.91. The van der Waals surface area contributed by atoms with Crippen LogP contribution in [0.2, 0.25) is 5.02 Å². The number of sulfonamides is 1. The lowest BCUT2D eigenvalue weighted by Gasteiger charge is -2.08. The van der Waals surface area contributed by atoms with Crippen LogP contribution >= 0.6 is 11.6 Å². The maximum Gasteiger partial charge on any atom is 0.253 e. The summed E-state index contributed by atoms with van der Waals surface area (Å²) in [4.78, 5) is 15.5. The summed E-state index contributed by atoms with van der Waals surface area (Å²) in [7, 11) is -3.36. The normalized spacial score (nSPS) is 11.3. The Labute approximate surface area is 116 Å². The Hall–Kier alpha value is -1.38. The molecule has 0 fully saturated rings. The van der Waals surface area contributed by atoms with Crippen LogP contribution < -0.4 is 15.8 Å². The van der Waals surface area contributed by atoms with Crippen molar-refractivity contribution in [1.29, 1.82) is 0 Å². The minimum absolute atomic E-state index is 0.0211. The van der Waals surface area contributed by atoms with Crippen molar-refractivity contribution < 1.29 is 13.2 Å². The molecule has 0 saturated heterocycles. The van der Waals surface area contributed by atoms with Gasteiger partial charge in [-0.2, -0.15) is 0 Å². The van der Waals surface area contributed by atoms with Crippen molar-refractivity contribution in [2.45, 2.75) is 6.92 Å². The Morgan fingerprint density at radius 1 is 1.53 bits per heavy atom. The fourth-order valence-corrected chi connectivity index (χ4v) is 2.46. The van der Waals surface area contributed by atoms with Gasteiger partial charge in [0.05, 0.1) is 16.3 Å². The van der Waals surface area contributed by atoms with Crippen LogP contribution in [0.5, 0.6) is 0 Å². The molecule has 106 valence electrons. The first kappa shape index (κ1) is 15.7. The van der Waals surface area contributed by atoms with Crippen molar-refractivity contribution >= 4 is 33.3 Å². The summed E-state index contributed by atoms with van der Waals surface area (Å²) < 4.78 is 25.0. The molecule has 0 radical (unpaired) electrons. The van der Waals surface area contributed by atoms with Crippen LogP contribution in [0, 0.1) is 0 Å². The van der Waals surface area contributed by atoms with E-state index in [4.69, 9.17) is 17.3 Å². The monoisotopic (exact) mass is 306 g/mol. The molecule has 0 aromatic carbocycles. The molecule has 0 atom stereocenters. The number of hydrogen-bond acceptors (Lipinski definition) is 5. The minimum Gasteiger partial charge on any atom is -0.384 e. The standard InChI is InChI=1S/C10H15ClN4O3S/c1-2-15-19(17,18)4-3-13-10(16)7-5-9(12)14-6-8(7)11/h5-6,15H,2-4H2,1H3,(H2,12,14)(H,13,16). The van der Waals surface area contributed by atoms with E-state index in [1.165, 1.54) is 12.3 Å². The smallest absolute Gasteiger partial charge is 0.253 e. The number of anilines is 1. The highest BCUT2D eigenvalue weighted by Crippen LogP contribution is 2.16. The maximum absolute atomic E-state index is 11.8. The van der Waals surface area contributed by atoms with Crippen LogP contribution in [-0.4, -0.2) is 38.2 Å². The minimum atomic E-state index is -3.36. The second-order valence-electron chi connectivity index (χ2n) is 3.66. The number of nitrogen functional groups attached to an aromatic ring is 1. The molecule has 0 aliphatic heterocycles. The Morgan fingerprint density at radius 2 is 2.21 bits per heavy atom. The number of hydrogen-bond donors (Lipinski definition) is 3. The zero-order chi connectivity index (χ0) is 14.5. The van der Waals surface area contributed by atoms with Gasteiger partial charge in [0.2, 0.25) is 10.0 Å². The van der Waals surface area contributed by atoms with Gasteiger partial charge in [-0.25, -0.2) is 18.1 Å². The third-order valence-electron chi connectivity index (χ3n) is 2.14. The van der Waals surface area contributed by atoms with E-state index in [1.807, 2.05) is 0 Å². The average molecular weight is 307 g/mol. The molecule has 0 aliphatic carbocycles. The van der Waals surface area contributed by atoms with Crippen molar-refractivity contribution in [2.24, 2.45) is 0 Å². The van der Waals surface area contributed by atoms with E-state index in [2.05, 4.69) is 15.0 Å². The molecule has 1 aromatic heterocycles. The lowest BCUT2D eigenvalue weighted by atomic mass is 10.2. The van der Waals surface area contributed by atoms with Gasteiger partial charge >= 0.3 is 0 Å². The SMILES string of the molecule is CCNS(=O)(=O)CCNC(=O)c1cc(N)ncc1Cl. The Morgan fingerprint density at radius 3 is 2.84 bits per heavy atom. The number of halogens is 1. The van der Waals surface area contributed by atoms with E-state index >= 15 is 0 Å². The Balaban J connectivity index is 2.59. The highest BCUT2D eigenvalue weighted by atomic mass is 35.5. The molecule has 0 unspecified atom stereocenters. The number of carbonyl (C=O) groups excluding carboxylic acids is 1. The molecular formula is C10H15ClN4O3S. The quantitative estimate of drug-likeness (QED) is 0.683. The lowest BCUT2D eigenvalue weighted by molar-refractivity contribution is 0.0956. The molecule has 0 saturated carbocycles. The fourth-order valence-electron chi connectivity index (χ4n) is 1.32. The zero-order valence-corrected chi connectivity index (χ0v) is 11.9. The summed E-state index contributed by atoms with van der Waals surface area (Å²) >= 11 is 5.80. The van der Waals surface area contributed by atoms with Crippen molar-refractivity contribution in [3.63, 3.8) is 0 Å². The first-order valence-corrected chi connectivity index (χ1v) is 7.55. The van der Waals surface area contributed by atoms with Gasteiger partial charge in [0.1, 0.15) is 5.82 Å². The van der Waals surface area contributed by atoms with Crippen LogP contribution in [0.1, 0.15) is 17.3 Å². The molecule has 0 aliphatic rings. The lowest BCUT2D eigenvalue weighted by Crippen LogP contribution is -2.34. The van der Waals surface area contributed by atoms with Crippen LogP contribution in [-0.2, 0) is 10.0 Å². The molecule has 19 heavy (non-hydrogen) atoms. The number of nitrogens with two attached hydrogens (primary N) is 1. The molecule has 9 heteroatoms. The summed E-state index contributed by atoms with van der Waals surface area (Å²) in [5, 5.41) is 2.61. The number of nitrogens with one attached hydrogen (secondary N) is 2. The zero-order valence-electron chi connectivity index (χ0n) is 10.3. The van der Waals surface area contributed by atoms with Gasteiger partial charge in [0.25, 0.3) is 5.91 Å². The molecule has 1 heterocycles. The summed E-state index contributed by atoms with van der Waals surface area (Å²) in [6.07, 6.45) is 1.27. The molecule has 4 N–H and O–H groups in total. The van der Waals surface area contributed by atoms with Crippen molar-refractivity contribution in [3.8, 4) is 0 Å². The number of nitrogens with zero attached hydrogens (tertiary/aromatic N) is 1. The highest BCUT2D eigenvalue weighted by Gasteiger charge is 2.13. The first-order valence-electron chi connectivity index (χ1n) is 5.52. The molecule has 1 aromatic rings. The molecule has 0 bridgehead atoms. The van der Waals surface area contributed by atoms with Gasteiger partial charge in [-0.3, -0.25) is 4.79 Å². The summed E-state index contributed by atoms with van der Waals surface area (Å²) in [6, 6.07) is 1.33. The molecule has 7 nitrogen and oxygen atoms in total.